The van der Waals surface area contributed by atoms with Crippen molar-refractivity contribution in [3.05, 3.63) is 59.2 Å². The lowest BCUT2D eigenvalue weighted by Crippen LogP contribution is -2.30. The lowest BCUT2D eigenvalue weighted by molar-refractivity contribution is 0.0774. The van der Waals surface area contributed by atoms with E-state index in [1.807, 2.05) is 43.0 Å². The third kappa shape index (κ3) is 3.97. The molecule has 2 N–H and O–H groups in total. The minimum Gasteiger partial charge on any atom is -0.335 e. The Kier molecular flexibility index (Phi) is 6.98. The monoisotopic (exact) mass is 422 g/mol. The molecule has 3 aromatic rings. The SMILES string of the molecule is Cc1cc(C)n2nc(C(=O)N3C[C@@H](CN)[C@H](c4ccccc4)C3)nc2n1.Cl.Cl. The van der Waals surface area contributed by atoms with Gasteiger partial charge in [0.25, 0.3) is 11.7 Å². The first-order valence-corrected chi connectivity index (χ1v) is 8.82. The molecule has 0 bridgehead atoms. The summed E-state index contributed by atoms with van der Waals surface area (Å²) < 4.78 is 1.62. The van der Waals surface area contributed by atoms with Crippen LogP contribution in [0, 0.1) is 19.8 Å². The lowest BCUT2D eigenvalue weighted by Gasteiger charge is -2.16. The van der Waals surface area contributed by atoms with Crippen molar-refractivity contribution < 1.29 is 4.79 Å². The second-order valence-electron chi connectivity index (χ2n) is 6.91. The largest absolute Gasteiger partial charge is 0.335 e. The smallest absolute Gasteiger partial charge is 0.293 e. The zero-order chi connectivity index (χ0) is 18.3. The van der Waals surface area contributed by atoms with Crippen LogP contribution < -0.4 is 5.73 Å². The van der Waals surface area contributed by atoms with Crippen LogP contribution in [0.4, 0.5) is 0 Å². The van der Waals surface area contributed by atoms with Gasteiger partial charge in [-0.05, 0) is 37.9 Å². The number of nitrogens with zero attached hydrogens (tertiary/aromatic N) is 5. The van der Waals surface area contributed by atoms with E-state index >= 15 is 0 Å². The van der Waals surface area contributed by atoms with Crippen LogP contribution in [0.5, 0.6) is 0 Å². The van der Waals surface area contributed by atoms with Crippen molar-refractivity contribution in [2.24, 2.45) is 11.7 Å². The van der Waals surface area contributed by atoms with E-state index in [0.29, 0.717) is 25.4 Å². The summed E-state index contributed by atoms with van der Waals surface area (Å²) in [7, 11) is 0. The van der Waals surface area contributed by atoms with E-state index in [1.54, 1.807) is 4.52 Å². The number of rotatable bonds is 3. The summed E-state index contributed by atoms with van der Waals surface area (Å²) in [5.74, 6) is 0.963. The van der Waals surface area contributed by atoms with Crippen LogP contribution in [-0.2, 0) is 0 Å². The van der Waals surface area contributed by atoms with Crippen LogP contribution in [-0.4, -0.2) is 50.0 Å². The Labute approximate surface area is 176 Å². The summed E-state index contributed by atoms with van der Waals surface area (Å²) in [6, 6.07) is 12.2. The van der Waals surface area contributed by atoms with Crippen LogP contribution in [0.25, 0.3) is 5.78 Å². The number of benzene rings is 1. The number of likely N-dealkylation sites (tertiary alicyclic amines) is 1. The van der Waals surface area contributed by atoms with Gasteiger partial charge in [-0.15, -0.1) is 29.9 Å². The second kappa shape index (κ2) is 8.86. The maximum absolute atomic E-state index is 13.0. The molecular formula is C19H24Cl2N6O. The van der Waals surface area contributed by atoms with E-state index in [-0.39, 0.29) is 48.4 Å². The molecule has 2 atom stereocenters. The Morgan fingerprint density at radius 2 is 1.86 bits per heavy atom. The first-order valence-electron chi connectivity index (χ1n) is 8.82. The lowest BCUT2D eigenvalue weighted by atomic mass is 9.89. The molecule has 1 fully saturated rings. The van der Waals surface area contributed by atoms with E-state index in [1.165, 1.54) is 5.56 Å². The summed E-state index contributed by atoms with van der Waals surface area (Å²) in [5, 5.41) is 4.37. The van der Waals surface area contributed by atoms with Gasteiger partial charge in [-0.3, -0.25) is 4.79 Å². The summed E-state index contributed by atoms with van der Waals surface area (Å²) >= 11 is 0. The molecule has 150 valence electrons. The predicted molar refractivity (Wildman–Crippen MR) is 112 cm³/mol. The fraction of sp³-hybridized carbons (Fsp3) is 0.368. The van der Waals surface area contributed by atoms with Crippen molar-refractivity contribution in [1.29, 1.82) is 0 Å². The summed E-state index contributed by atoms with van der Waals surface area (Å²) in [4.78, 5) is 23.5. The van der Waals surface area contributed by atoms with Gasteiger partial charge in [0.2, 0.25) is 5.82 Å². The molecule has 0 radical (unpaired) electrons. The number of halogens is 2. The van der Waals surface area contributed by atoms with Gasteiger partial charge in [-0.1, -0.05) is 30.3 Å². The average molecular weight is 423 g/mol. The molecule has 1 amide bonds. The van der Waals surface area contributed by atoms with E-state index in [4.69, 9.17) is 5.73 Å². The molecule has 4 rings (SSSR count). The molecule has 9 heteroatoms. The first-order chi connectivity index (χ1) is 12.6. The molecule has 2 aromatic heterocycles. The Balaban J connectivity index is 0.00000140. The Morgan fingerprint density at radius 3 is 2.54 bits per heavy atom. The van der Waals surface area contributed by atoms with Gasteiger partial charge in [-0.25, -0.2) is 9.50 Å². The number of fused-ring (bicyclic) bond motifs is 1. The van der Waals surface area contributed by atoms with E-state index in [2.05, 4.69) is 27.2 Å². The molecule has 1 aromatic carbocycles. The minimum atomic E-state index is -0.163. The highest BCUT2D eigenvalue weighted by Crippen LogP contribution is 2.32. The van der Waals surface area contributed by atoms with Crippen molar-refractivity contribution in [1.82, 2.24) is 24.5 Å². The van der Waals surface area contributed by atoms with Crippen molar-refractivity contribution >= 4 is 36.5 Å². The highest BCUT2D eigenvalue weighted by molar-refractivity contribution is 5.91. The number of hydrogen-bond acceptors (Lipinski definition) is 5. The van der Waals surface area contributed by atoms with E-state index in [9.17, 15) is 4.79 Å². The minimum absolute atomic E-state index is 0. The second-order valence-corrected chi connectivity index (χ2v) is 6.91. The number of hydrogen-bond donors (Lipinski definition) is 1. The zero-order valence-corrected chi connectivity index (χ0v) is 17.4. The number of nitrogens with two attached hydrogens (primary N) is 1. The molecular weight excluding hydrogens is 399 g/mol. The maximum atomic E-state index is 13.0. The van der Waals surface area contributed by atoms with Crippen LogP contribution in [0.1, 0.15) is 33.5 Å². The maximum Gasteiger partial charge on any atom is 0.293 e. The fourth-order valence-electron chi connectivity index (χ4n) is 3.75. The topological polar surface area (TPSA) is 89.4 Å². The van der Waals surface area contributed by atoms with Crippen LogP contribution >= 0.6 is 24.8 Å². The third-order valence-corrected chi connectivity index (χ3v) is 5.07. The van der Waals surface area contributed by atoms with Gasteiger partial charge in [0.05, 0.1) is 0 Å². The molecule has 1 saturated heterocycles. The highest BCUT2D eigenvalue weighted by atomic mass is 35.5. The standard InChI is InChI=1S/C19H22N6O.2ClH/c1-12-8-13(2)25-19(21-12)22-17(23-25)18(26)24-10-15(9-20)16(11-24)14-6-4-3-5-7-14;;/h3-8,15-16H,9-11,20H2,1-2H3;2*1H/t15-,16+;;/m1../s1. The molecule has 28 heavy (non-hydrogen) atoms. The summed E-state index contributed by atoms with van der Waals surface area (Å²) in [5.41, 5.74) is 8.96. The molecule has 7 nitrogen and oxygen atoms in total. The van der Waals surface area contributed by atoms with Crippen LogP contribution in [0.15, 0.2) is 36.4 Å². The van der Waals surface area contributed by atoms with Gasteiger partial charge in [-0.2, -0.15) is 4.98 Å². The number of aromatic nitrogens is 4. The van der Waals surface area contributed by atoms with Crippen LogP contribution in [0.3, 0.4) is 0 Å². The zero-order valence-electron chi connectivity index (χ0n) is 15.8. The number of amides is 1. The molecule has 1 aliphatic rings. The molecule has 1 aliphatic heterocycles. The Bertz CT molecular complexity index is 962. The Morgan fingerprint density at radius 1 is 1.14 bits per heavy atom. The van der Waals surface area contributed by atoms with Gasteiger partial charge < -0.3 is 10.6 Å². The average Bonchev–Trinajstić information content (AvgIpc) is 3.26. The summed E-state index contributed by atoms with van der Waals surface area (Å²) in [6.45, 7) is 5.62. The first kappa shape index (κ1) is 22.1. The quantitative estimate of drug-likeness (QED) is 0.699. The van der Waals surface area contributed by atoms with Gasteiger partial charge in [0, 0.05) is 30.4 Å². The molecule has 0 aliphatic carbocycles. The van der Waals surface area contributed by atoms with Gasteiger partial charge in [0.15, 0.2) is 0 Å². The van der Waals surface area contributed by atoms with Crippen molar-refractivity contribution in [3.63, 3.8) is 0 Å². The van der Waals surface area contributed by atoms with E-state index in [0.717, 1.165) is 11.4 Å². The number of carbonyl (C=O) groups is 1. The number of carbonyl (C=O) groups excluding carboxylic acids is 1. The van der Waals surface area contributed by atoms with Crippen molar-refractivity contribution in [2.45, 2.75) is 19.8 Å². The van der Waals surface area contributed by atoms with E-state index < -0.39 is 0 Å². The fourth-order valence-corrected chi connectivity index (χ4v) is 3.75. The predicted octanol–water partition coefficient (Wildman–Crippen LogP) is 2.40. The van der Waals surface area contributed by atoms with Crippen LogP contribution in [0.2, 0.25) is 0 Å². The normalized spacial score (nSPS) is 18.6. The molecule has 0 unspecified atom stereocenters. The highest BCUT2D eigenvalue weighted by Gasteiger charge is 2.36. The molecule has 0 spiro atoms. The molecule has 3 heterocycles. The third-order valence-electron chi connectivity index (χ3n) is 5.07. The summed E-state index contributed by atoms with van der Waals surface area (Å²) in [6.07, 6.45) is 0. The molecule has 0 saturated carbocycles. The Hall–Kier alpha value is -2.22. The van der Waals surface area contributed by atoms with Crippen molar-refractivity contribution in [2.75, 3.05) is 19.6 Å². The number of aryl methyl sites for hydroxylation is 2. The van der Waals surface area contributed by atoms with Crippen molar-refractivity contribution in [3.8, 4) is 0 Å². The van der Waals surface area contributed by atoms with Gasteiger partial charge in [0.1, 0.15) is 0 Å². The van der Waals surface area contributed by atoms with Gasteiger partial charge >= 0.3 is 0 Å².